The van der Waals surface area contributed by atoms with Gasteiger partial charge in [-0.3, -0.25) is 19.3 Å². The number of ether oxygens (including phenoxy) is 1. The van der Waals surface area contributed by atoms with Gasteiger partial charge >= 0.3 is 6.18 Å². The SMILES string of the molecule is C#C.COc1cccc(N2C(=O)[C@@H](NC(=O)[C@H](CCC(F)(F)F)CC(N)=O)N=C(c3ccccc3)c3ccccc32)n1.c1ccccc1. The average Bonchev–Trinajstić information content (AvgIpc) is 3.22. The fourth-order valence-electron chi connectivity index (χ4n) is 4.71. The Hall–Kier alpha value is -5.96. The van der Waals surface area contributed by atoms with E-state index in [1.807, 2.05) is 36.4 Å². The van der Waals surface area contributed by atoms with Gasteiger partial charge in [0.1, 0.15) is 5.82 Å². The first-order valence-corrected chi connectivity index (χ1v) is 14.6. The molecule has 1 aliphatic rings. The van der Waals surface area contributed by atoms with E-state index in [1.165, 1.54) is 12.0 Å². The van der Waals surface area contributed by atoms with E-state index in [1.54, 1.807) is 72.8 Å². The highest BCUT2D eigenvalue weighted by Crippen LogP contribution is 2.34. The van der Waals surface area contributed by atoms with Crippen molar-refractivity contribution in [2.45, 2.75) is 31.6 Å². The molecule has 3 amide bonds. The lowest BCUT2D eigenvalue weighted by Gasteiger charge is -2.25. The Labute approximate surface area is 276 Å². The topological polar surface area (TPSA) is 127 Å². The molecule has 0 spiro atoms. The summed E-state index contributed by atoms with van der Waals surface area (Å²) in [6.45, 7) is 0. The smallest absolute Gasteiger partial charge is 0.389 e. The van der Waals surface area contributed by atoms with Crippen LogP contribution in [-0.4, -0.2) is 47.9 Å². The molecule has 48 heavy (non-hydrogen) atoms. The van der Waals surface area contributed by atoms with Crippen LogP contribution < -0.4 is 20.7 Å². The number of pyridine rings is 1. The lowest BCUT2D eigenvalue weighted by molar-refractivity contribution is -0.143. The number of benzodiazepines with no additional fused rings is 1. The molecular weight excluding hydrogens is 623 g/mol. The number of anilines is 2. The second-order valence-corrected chi connectivity index (χ2v) is 10.2. The first kappa shape index (κ1) is 36.5. The van der Waals surface area contributed by atoms with Crippen LogP contribution >= 0.6 is 0 Å². The Morgan fingerprint density at radius 1 is 0.917 bits per heavy atom. The number of para-hydroxylation sites is 1. The molecule has 2 heterocycles. The number of halogens is 3. The Kier molecular flexibility index (Phi) is 13.4. The van der Waals surface area contributed by atoms with Crippen LogP contribution in [0.1, 0.15) is 30.4 Å². The number of amides is 3. The molecule has 1 aliphatic heterocycles. The highest BCUT2D eigenvalue weighted by molar-refractivity contribution is 6.21. The number of primary amides is 1. The molecule has 0 aliphatic carbocycles. The average molecular weight is 658 g/mol. The van der Waals surface area contributed by atoms with Crippen molar-refractivity contribution >= 4 is 34.9 Å². The van der Waals surface area contributed by atoms with Crippen LogP contribution in [0, 0.1) is 18.8 Å². The summed E-state index contributed by atoms with van der Waals surface area (Å²) in [4.78, 5) is 49.1. The molecule has 4 aromatic rings. The first-order valence-electron chi connectivity index (χ1n) is 14.6. The molecule has 0 saturated carbocycles. The lowest BCUT2D eigenvalue weighted by atomic mass is 9.97. The summed E-state index contributed by atoms with van der Waals surface area (Å²) in [6, 6.07) is 32.6. The molecule has 0 radical (unpaired) electrons. The molecule has 2 atom stereocenters. The van der Waals surface area contributed by atoms with Crippen molar-refractivity contribution in [2.75, 3.05) is 12.0 Å². The highest BCUT2D eigenvalue weighted by atomic mass is 19.4. The summed E-state index contributed by atoms with van der Waals surface area (Å²) in [5.41, 5.74) is 7.17. The monoisotopic (exact) mass is 657 g/mol. The van der Waals surface area contributed by atoms with Crippen molar-refractivity contribution in [2.24, 2.45) is 16.6 Å². The molecule has 248 valence electrons. The summed E-state index contributed by atoms with van der Waals surface area (Å²) in [7, 11) is 1.42. The van der Waals surface area contributed by atoms with Crippen molar-refractivity contribution < 1.29 is 32.3 Å². The van der Waals surface area contributed by atoms with Crippen LogP contribution in [0.2, 0.25) is 0 Å². The summed E-state index contributed by atoms with van der Waals surface area (Å²) >= 11 is 0. The number of aliphatic imine (C=N–C) groups is 1. The first-order chi connectivity index (χ1) is 23.1. The largest absolute Gasteiger partial charge is 0.481 e. The minimum atomic E-state index is -4.55. The van der Waals surface area contributed by atoms with Crippen LogP contribution in [0.3, 0.4) is 0 Å². The Morgan fingerprint density at radius 2 is 1.50 bits per heavy atom. The van der Waals surface area contributed by atoms with Crippen LogP contribution in [0.5, 0.6) is 5.88 Å². The van der Waals surface area contributed by atoms with Gasteiger partial charge in [-0.05, 0) is 18.6 Å². The molecule has 3 aromatic carbocycles. The van der Waals surface area contributed by atoms with E-state index in [0.717, 1.165) is 0 Å². The van der Waals surface area contributed by atoms with Gasteiger partial charge in [0.25, 0.3) is 5.91 Å². The van der Waals surface area contributed by atoms with E-state index >= 15 is 0 Å². The fraction of sp³-hybridized carbons (Fsp3) is 0.194. The zero-order valence-electron chi connectivity index (χ0n) is 26.0. The van der Waals surface area contributed by atoms with E-state index in [2.05, 4.69) is 28.1 Å². The van der Waals surface area contributed by atoms with Gasteiger partial charge in [-0.2, -0.15) is 18.2 Å². The van der Waals surface area contributed by atoms with E-state index < -0.39 is 55.2 Å². The quantitative estimate of drug-likeness (QED) is 0.220. The van der Waals surface area contributed by atoms with Crippen LogP contribution in [0.4, 0.5) is 24.7 Å². The van der Waals surface area contributed by atoms with Gasteiger partial charge in [-0.25, -0.2) is 4.99 Å². The molecule has 0 bridgehead atoms. The maximum atomic E-state index is 14.0. The third-order valence-corrected chi connectivity index (χ3v) is 6.85. The summed E-state index contributed by atoms with van der Waals surface area (Å²) < 4.78 is 44.0. The summed E-state index contributed by atoms with van der Waals surface area (Å²) in [5.74, 6) is -3.64. The van der Waals surface area contributed by atoms with Crippen LogP contribution in [-0.2, 0) is 14.4 Å². The number of hydrogen-bond donors (Lipinski definition) is 2. The number of hydrogen-bond acceptors (Lipinski definition) is 6. The maximum Gasteiger partial charge on any atom is 0.389 e. The molecule has 0 saturated heterocycles. The van der Waals surface area contributed by atoms with Gasteiger partial charge in [0.15, 0.2) is 0 Å². The van der Waals surface area contributed by atoms with Crippen molar-refractivity contribution in [3.63, 3.8) is 0 Å². The number of aromatic nitrogens is 1. The molecule has 5 rings (SSSR count). The maximum absolute atomic E-state index is 14.0. The number of nitrogens with two attached hydrogens (primary N) is 1. The van der Waals surface area contributed by atoms with Crippen LogP contribution in [0.25, 0.3) is 0 Å². The second-order valence-electron chi connectivity index (χ2n) is 10.2. The number of benzene rings is 3. The molecule has 0 unspecified atom stereocenters. The fourth-order valence-corrected chi connectivity index (χ4v) is 4.71. The minimum absolute atomic E-state index is 0.173. The van der Waals surface area contributed by atoms with Gasteiger partial charge in [0, 0.05) is 36.0 Å². The Bertz CT molecular complexity index is 1690. The van der Waals surface area contributed by atoms with E-state index in [9.17, 15) is 27.6 Å². The van der Waals surface area contributed by atoms with Crippen molar-refractivity contribution in [3.8, 4) is 18.7 Å². The molecular formula is C36H34F3N5O4. The number of terminal acetylenes is 1. The van der Waals surface area contributed by atoms with E-state index in [4.69, 9.17) is 10.5 Å². The number of fused-ring (bicyclic) bond motifs is 1. The second kappa shape index (κ2) is 17.7. The van der Waals surface area contributed by atoms with Crippen molar-refractivity contribution in [1.82, 2.24) is 10.3 Å². The molecule has 9 nitrogen and oxygen atoms in total. The normalized spacial score (nSPS) is 14.3. The van der Waals surface area contributed by atoms with Gasteiger partial charge < -0.3 is 15.8 Å². The number of nitrogens with zero attached hydrogens (tertiary/aromatic N) is 3. The number of rotatable bonds is 9. The van der Waals surface area contributed by atoms with E-state index in [0.29, 0.717) is 22.5 Å². The van der Waals surface area contributed by atoms with Crippen molar-refractivity contribution in [3.05, 3.63) is 120 Å². The molecule has 12 heteroatoms. The van der Waals surface area contributed by atoms with E-state index in [-0.39, 0.29) is 11.7 Å². The predicted octanol–water partition coefficient (Wildman–Crippen LogP) is 5.82. The minimum Gasteiger partial charge on any atom is -0.481 e. The van der Waals surface area contributed by atoms with Crippen molar-refractivity contribution in [1.29, 1.82) is 0 Å². The number of methoxy groups -OCH3 is 1. The molecule has 0 fully saturated rings. The zero-order valence-corrected chi connectivity index (χ0v) is 26.0. The van der Waals surface area contributed by atoms with Crippen LogP contribution in [0.15, 0.2) is 114 Å². The number of alkyl halides is 3. The Balaban J connectivity index is 0.000000692. The van der Waals surface area contributed by atoms with Gasteiger partial charge in [0.05, 0.1) is 18.5 Å². The third kappa shape index (κ3) is 10.3. The molecule has 3 N–H and O–H groups in total. The van der Waals surface area contributed by atoms with Gasteiger partial charge in [0.2, 0.25) is 23.9 Å². The van der Waals surface area contributed by atoms with Gasteiger partial charge in [-0.1, -0.05) is 91.0 Å². The number of carbonyl (C=O) groups excluding carboxylic acids is 3. The number of carbonyl (C=O) groups is 3. The third-order valence-electron chi connectivity index (χ3n) is 6.85. The highest BCUT2D eigenvalue weighted by Gasteiger charge is 2.37. The molecule has 1 aromatic heterocycles. The predicted molar refractivity (Wildman–Crippen MR) is 177 cm³/mol. The standard InChI is InChI=1S/C28H26F3N5O4.C6H6.C2H2/c1-40-23-13-7-12-22(33-23)36-20-11-6-5-10-19(20)24(17-8-3-2-4-9-17)34-25(27(36)39)35-26(38)18(16-21(32)37)14-15-28(29,30)31;1-2-4-6-5-3-1;1-2/h2-13,18,25H,14-16H2,1H3,(H2,32,37)(H,35,38);1-6H;1-2H/t18-,25-;;/m1../s1. The zero-order chi connectivity index (χ0) is 35.1. The van der Waals surface area contributed by atoms with Gasteiger partial charge in [-0.15, -0.1) is 12.8 Å². The lowest BCUT2D eigenvalue weighted by Crippen LogP contribution is -2.48. The summed E-state index contributed by atoms with van der Waals surface area (Å²) in [5, 5.41) is 2.46. The summed E-state index contributed by atoms with van der Waals surface area (Å²) in [6.07, 6.45) is -0.733. The Morgan fingerprint density at radius 3 is 2.08 bits per heavy atom. The number of nitrogens with one attached hydrogen (secondary N) is 1.